The molecule has 0 spiro atoms. The molecule has 6 rings (SSSR count). The van der Waals surface area contributed by atoms with E-state index in [0.29, 0.717) is 51.7 Å². The third kappa shape index (κ3) is 7.64. The van der Waals surface area contributed by atoms with Crippen LogP contribution in [0.5, 0.6) is 5.75 Å². The largest absolute Gasteiger partial charge is 0.497 e. The fraction of sp³-hybridized carbons (Fsp3) is 0.622. The van der Waals surface area contributed by atoms with Crippen molar-refractivity contribution >= 4 is 17.5 Å². The maximum atomic E-state index is 14.8. The molecule has 2 amide bonds. The van der Waals surface area contributed by atoms with Crippen LogP contribution in [-0.2, 0) is 19.1 Å². The van der Waals surface area contributed by atoms with Crippen molar-refractivity contribution in [3.8, 4) is 5.75 Å². The maximum Gasteiger partial charge on any atom is 0.227 e. The molecule has 4 aliphatic heterocycles. The molecule has 4 heterocycles. The van der Waals surface area contributed by atoms with Gasteiger partial charge in [-0.3, -0.25) is 14.5 Å². The minimum atomic E-state index is -0.299. The lowest BCUT2D eigenvalue weighted by Crippen LogP contribution is -2.41. The van der Waals surface area contributed by atoms with Crippen LogP contribution in [0.3, 0.4) is 0 Å². The third-order valence-electron chi connectivity index (χ3n) is 11.1. The zero-order valence-electron chi connectivity index (χ0n) is 28.3. The number of hydrogen-bond donors (Lipinski definition) is 2. The first-order valence-electron chi connectivity index (χ1n) is 17.6. The summed E-state index contributed by atoms with van der Waals surface area (Å²) >= 11 is 0. The van der Waals surface area contributed by atoms with Gasteiger partial charge in [-0.2, -0.15) is 0 Å². The molecule has 4 atom stereocenters. The third-order valence-corrected chi connectivity index (χ3v) is 11.1. The number of amides is 2. The molecule has 0 bridgehead atoms. The number of methoxy groups -OCH3 is 2. The molecule has 48 heavy (non-hydrogen) atoms. The summed E-state index contributed by atoms with van der Waals surface area (Å²) in [6, 6.07) is 13.6. The minimum absolute atomic E-state index is 0.0116. The van der Waals surface area contributed by atoms with E-state index < -0.39 is 0 Å². The van der Waals surface area contributed by atoms with Crippen LogP contribution in [-0.4, -0.2) is 119 Å². The zero-order chi connectivity index (χ0) is 33.6. The summed E-state index contributed by atoms with van der Waals surface area (Å²) < 4.78 is 31.6. The average molecular weight is 667 g/mol. The molecule has 2 aromatic carbocycles. The Balaban J connectivity index is 1.22. The quantitative estimate of drug-likeness (QED) is 0.377. The van der Waals surface area contributed by atoms with Crippen LogP contribution in [0.4, 0.5) is 10.1 Å². The van der Waals surface area contributed by atoms with Gasteiger partial charge in [0.05, 0.1) is 26.2 Å². The van der Waals surface area contributed by atoms with Crippen molar-refractivity contribution in [3.05, 3.63) is 59.4 Å². The molecule has 2 N–H and O–H groups in total. The van der Waals surface area contributed by atoms with E-state index in [4.69, 9.17) is 19.3 Å². The Labute approximate surface area is 283 Å². The van der Waals surface area contributed by atoms with E-state index in [0.717, 1.165) is 61.7 Å². The van der Waals surface area contributed by atoms with Crippen LogP contribution in [0, 0.1) is 23.6 Å². The second-order valence-corrected chi connectivity index (χ2v) is 13.8. The average Bonchev–Trinajstić information content (AvgIpc) is 3.76. The summed E-state index contributed by atoms with van der Waals surface area (Å²) in [6.07, 6.45) is 3.27. The van der Waals surface area contributed by atoms with Crippen LogP contribution in [0.15, 0.2) is 42.5 Å². The molecule has 262 valence electrons. The van der Waals surface area contributed by atoms with E-state index in [1.54, 1.807) is 20.3 Å². The topological polar surface area (TPSA) is 104 Å². The standard InChI is InChI=1S/C37H51FN4O6/c1-46-24-27-20-42(22-33(27)31-8-5-28(38)19-35(31)40-14-9-26(10-15-40)36(44)39-13-16-43)37(45)34-23-41(29-11-17-48-18-12-29)21-32(34)25-3-6-30(47-2)7-4-25/h3-8,19,26-27,29,32-34,43H,9-18,20-24H2,1-2H3,(H,39,44)/t27-,32+,33+,34-/m1/s1. The first kappa shape index (κ1) is 34.6. The van der Waals surface area contributed by atoms with Gasteiger partial charge < -0.3 is 34.4 Å². The van der Waals surface area contributed by atoms with Gasteiger partial charge in [0.15, 0.2) is 0 Å². The molecule has 4 aliphatic rings. The van der Waals surface area contributed by atoms with E-state index in [-0.39, 0.29) is 60.4 Å². The Hall–Kier alpha value is -3.25. The highest BCUT2D eigenvalue weighted by molar-refractivity contribution is 5.81. The van der Waals surface area contributed by atoms with Crippen molar-refractivity contribution in [2.45, 2.75) is 43.6 Å². The highest BCUT2D eigenvalue weighted by Gasteiger charge is 2.46. The second kappa shape index (κ2) is 16.0. The van der Waals surface area contributed by atoms with Gasteiger partial charge in [0.1, 0.15) is 11.6 Å². The van der Waals surface area contributed by atoms with E-state index >= 15 is 0 Å². The van der Waals surface area contributed by atoms with Crippen molar-refractivity contribution in [2.75, 3.05) is 91.4 Å². The van der Waals surface area contributed by atoms with E-state index in [1.807, 2.05) is 23.1 Å². The Morgan fingerprint density at radius 3 is 2.40 bits per heavy atom. The fourth-order valence-corrected chi connectivity index (χ4v) is 8.45. The monoisotopic (exact) mass is 666 g/mol. The Morgan fingerprint density at radius 2 is 1.71 bits per heavy atom. The molecule has 0 aromatic heterocycles. The van der Waals surface area contributed by atoms with Crippen LogP contribution < -0.4 is 15.0 Å². The Kier molecular flexibility index (Phi) is 11.5. The molecule has 0 saturated carbocycles. The van der Waals surface area contributed by atoms with Crippen LogP contribution in [0.1, 0.15) is 48.6 Å². The number of nitrogens with zero attached hydrogens (tertiary/aromatic N) is 3. The van der Waals surface area contributed by atoms with Gasteiger partial charge in [-0.15, -0.1) is 0 Å². The number of hydrogen-bond acceptors (Lipinski definition) is 8. The van der Waals surface area contributed by atoms with Gasteiger partial charge >= 0.3 is 0 Å². The SMILES string of the molecule is COC[C@H]1CN(C(=O)[C@@H]2CN(C3CCOCC3)C[C@H]2c2ccc(OC)cc2)C[C@@H]1c1ccc(F)cc1N1CCC(C(=O)NCCO)CC1. The first-order chi connectivity index (χ1) is 23.4. The number of anilines is 1. The van der Waals surface area contributed by atoms with Gasteiger partial charge in [0.25, 0.3) is 0 Å². The van der Waals surface area contributed by atoms with Crippen LogP contribution in [0.25, 0.3) is 0 Å². The lowest BCUT2D eigenvalue weighted by atomic mass is 9.87. The van der Waals surface area contributed by atoms with Gasteiger partial charge in [-0.1, -0.05) is 18.2 Å². The molecule has 0 unspecified atom stereocenters. The lowest BCUT2D eigenvalue weighted by molar-refractivity contribution is -0.134. The number of benzene rings is 2. The van der Waals surface area contributed by atoms with Crippen molar-refractivity contribution < 1.29 is 33.3 Å². The first-order valence-corrected chi connectivity index (χ1v) is 17.6. The van der Waals surface area contributed by atoms with Crippen LogP contribution in [0.2, 0.25) is 0 Å². The van der Waals surface area contributed by atoms with Crippen molar-refractivity contribution in [1.82, 2.24) is 15.1 Å². The Bertz CT molecular complexity index is 1380. The maximum absolute atomic E-state index is 14.8. The summed E-state index contributed by atoms with van der Waals surface area (Å²) in [7, 11) is 3.36. The highest BCUT2D eigenvalue weighted by atomic mass is 19.1. The normalized spacial score (nSPS) is 25.8. The van der Waals surface area contributed by atoms with Gasteiger partial charge in [0, 0.05) is 102 Å². The van der Waals surface area contributed by atoms with Crippen molar-refractivity contribution in [1.29, 1.82) is 0 Å². The molecule has 0 radical (unpaired) electrons. The van der Waals surface area contributed by atoms with Crippen molar-refractivity contribution in [3.63, 3.8) is 0 Å². The van der Waals surface area contributed by atoms with E-state index in [2.05, 4.69) is 27.2 Å². The molecule has 2 aromatic rings. The molecular formula is C37H51FN4O6. The molecule has 0 aliphatic carbocycles. The number of ether oxygens (including phenoxy) is 3. The fourth-order valence-electron chi connectivity index (χ4n) is 8.45. The number of aliphatic hydroxyl groups excluding tert-OH is 1. The molecule has 11 heteroatoms. The number of aliphatic hydroxyl groups is 1. The van der Waals surface area contributed by atoms with Gasteiger partial charge in [0.2, 0.25) is 11.8 Å². The van der Waals surface area contributed by atoms with E-state index in [9.17, 15) is 14.0 Å². The summed E-state index contributed by atoms with van der Waals surface area (Å²) in [5, 5.41) is 11.9. The second-order valence-electron chi connectivity index (χ2n) is 13.8. The van der Waals surface area contributed by atoms with Gasteiger partial charge in [-0.05, 0) is 61.1 Å². The van der Waals surface area contributed by atoms with Crippen LogP contribution >= 0.6 is 0 Å². The number of halogens is 1. The summed E-state index contributed by atoms with van der Waals surface area (Å²) in [4.78, 5) is 33.9. The molecular weight excluding hydrogens is 615 g/mol. The predicted octanol–water partition coefficient (Wildman–Crippen LogP) is 3.24. The number of piperidine rings is 1. The summed E-state index contributed by atoms with van der Waals surface area (Å²) in [5.74, 6) is 0.463. The lowest BCUT2D eigenvalue weighted by Gasteiger charge is -2.35. The highest BCUT2D eigenvalue weighted by Crippen LogP contribution is 2.43. The smallest absolute Gasteiger partial charge is 0.227 e. The van der Waals surface area contributed by atoms with Gasteiger partial charge in [-0.25, -0.2) is 4.39 Å². The predicted molar refractivity (Wildman–Crippen MR) is 181 cm³/mol. The molecule has 4 saturated heterocycles. The molecule has 10 nitrogen and oxygen atoms in total. The minimum Gasteiger partial charge on any atom is -0.497 e. The number of rotatable bonds is 11. The number of carbonyl (C=O) groups excluding carboxylic acids is 2. The molecule has 4 fully saturated rings. The summed E-state index contributed by atoms with van der Waals surface area (Å²) in [6.45, 7) is 6.14. The zero-order valence-corrected chi connectivity index (χ0v) is 28.3. The summed E-state index contributed by atoms with van der Waals surface area (Å²) in [5.41, 5.74) is 3.02. The Morgan fingerprint density at radius 1 is 0.958 bits per heavy atom. The number of likely N-dealkylation sites (tertiary alicyclic amines) is 2. The van der Waals surface area contributed by atoms with E-state index in [1.165, 1.54) is 6.07 Å². The number of nitrogens with one attached hydrogen (secondary N) is 1. The van der Waals surface area contributed by atoms with Crippen molar-refractivity contribution in [2.24, 2.45) is 17.8 Å². The number of carbonyl (C=O) groups is 2.